The molecule has 0 unspecified atom stereocenters. The third-order valence-corrected chi connectivity index (χ3v) is 4.39. The van der Waals surface area contributed by atoms with E-state index >= 15 is 0 Å². The van der Waals surface area contributed by atoms with E-state index in [2.05, 4.69) is 0 Å². The van der Waals surface area contributed by atoms with Crippen molar-refractivity contribution in [3.8, 4) is 0 Å². The van der Waals surface area contributed by atoms with Crippen LogP contribution in [0.25, 0.3) is 0 Å². The van der Waals surface area contributed by atoms with Crippen molar-refractivity contribution in [1.29, 1.82) is 0 Å². The second-order valence-corrected chi connectivity index (χ2v) is 5.97. The number of rotatable bonds is 4. The van der Waals surface area contributed by atoms with Crippen LogP contribution in [0.4, 0.5) is 4.39 Å². The van der Waals surface area contributed by atoms with Gasteiger partial charge in [0.2, 0.25) is 0 Å². The summed E-state index contributed by atoms with van der Waals surface area (Å²) in [7, 11) is 0. The summed E-state index contributed by atoms with van der Waals surface area (Å²) in [6.07, 6.45) is 1.69. The van der Waals surface area contributed by atoms with Crippen LogP contribution in [-0.2, 0) is 0 Å². The zero-order valence-corrected chi connectivity index (χ0v) is 12.9. The summed E-state index contributed by atoms with van der Waals surface area (Å²) >= 11 is 0. The summed E-state index contributed by atoms with van der Waals surface area (Å²) in [5.41, 5.74) is 1.23. The number of benzene rings is 2. The predicted octanol–water partition coefficient (Wildman–Crippen LogP) is 3.55. The van der Waals surface area contributed by atoms with Gasteiger partial charge in [0.05, 0.1) is 6.10 Å². The first-order valence-electron chi connectivity index (χ1n) is 7.94. The number of nitrogens with zero attached hydrogens (tertiary/aromatic N) is 1. The Kier molecular flexibility index (Phi) is 4.72. The number of aliphatic hydroxyl groups excluding tert-OH is 1. The molecule has 0 radical (unpaired) electrons. The molecular formula is C19H20FNO2. The molecule has 4 heteroatoms. The number of carbonyl (C=O) groups is 1. The zero-order chi connectivity index (χ0) is 16.2. The van der Waals surface area contributed by atoms with Crippen molar-refractivity contribution in [1.82, 2.24) is 4.90 Å². The molecule has 3 nitrogen and oxygen atoms in total. The van der Waals surface area contributed by atoms with E-state index in [9.17, 15) is 14.3 Å². The van der Waals surface area contributed by atoms with Crippen LogP contribution in [0.5, 0.6) is 0 Å². The van der Waals surface area contributed by atoms with E-state index in [0.717, 1.165) is 18.4 Å². The van der Waals surface area contributed by atoms with E-state index in [1.54, 1.807) is 17.0 Å². The highest BCUT2D eigenvalue weighted by Gasteiger charge is 2.31. The molecule has 1 amide bonds. The minimum Gasteiger partial charge on any atom is -0.388 e. The number of halogens is 1. The zero-order valence-electron chi connectivity index (χ0n) is 12.9. The van der Waals surface area contributed by atoms with Crippen LogP contribution in [0.3, 0.4) is 0 Å². The molecule has 1 aliphatic rings. The normalized spacial score (nSPS) is 18.9. The molecule has 1 aliphatic heterocycles. The van der Waals surface area contributed by atoms with Crippen LogP contribution in [0.1, 0.15) is 41.3 Å². The van der Waals surface area contributed by atoms with Crippen LogP contribution in [-0.4, -0.2) is 28.5 Å². The monoisotopic (exact) mass is 313 g/mol. The highest BCUT2D eigenvalue weighted by molar-refractivity contribution is 5.94. The Balaban J connectivity index is 1.71. The Morgan fingerprint density at radius 2 is 2.00 bits per heavy atom. The molecule has 1 heterocycles. The van der Waals surface area contributed by atoms with Crippen LogP contribution >= 0.6 is 0 Å². The maximum absolute atomic E-state index is 13.3. The average molecular weight is 313 g/mol. The molecule has 120 valence electrons. The number of carbonyl (C=O) groups excluding carboxylic acids is 1. The molecule has 0 bridgehead atoms. The number of hydrogen-bond donors (Lipinski definition) is 1. The molecule has 2 aromatic rings. The molecule has 1 N–H and O–H groups in total. The highest BCUT2D eigenvalue weighted by atomic mass is 19.1. The molecule has 0 saturated carbocycles. The number of hydrogen-bond acceptors (Lipinski definition) is 2. The number of likely N-dealkylation sites (tertiary alicyclic amines) is 1. The lowest BCUT2D eigenvalue weighted by atomic mass is 10.00. The fourth-order valence-corrected chi connectivity index (χ4v) is 3.20. The number of amides is 1. The average Bonchev–Trinajstić information content (AvgIpc) is 3.03. The van der Waals surface area contributed by atoms with Crippen LogP contribution in [0.2, 0.25) is 0 Å². The standard InChI is InChI=1S/C19H20FNO2/c20-16-9-4-8-15(12-16)19(23)21-11-5-10-17(21)13-18(22)14-6-2-1-3-7-14/h1-4,6-9,12,17-18,22H,5,10-11,13H2/t17-,18+/m0/s1. The minimum atomic E-state index is -0.595. The van der Waals surface area contributed by atoms with Gasteiger partial charge in [-0.15, -0.1) is 0 Å². The Hall–Kier alpha value is -2.20. The number of aliphatic hydroxyl groups is 1. The van der Waals surface area contributed by atoms with Gasteiger partial charge in [-0.05, 0) is 43.0 Å². The first kappa shape index (κ1) is 15.7. The highest BCUT2D eigenvalue weighted by Crippen LogP contribution is 2.28. The fraction of sp³-hybridized carbons (Fsp3) is 0.316. The SMILES string of the molecule is O=C(c1cccc(F)c1)N1CCC[C@H]1C[C@@H](O)c1ccccc1. The van der Waals surface area contributed by atoms with Gasteiger partial charge in [-0.1, -0.05) is 36.4 Å². The first-order chi connectivity index (χ1) is 11.1. The summed E-state index contributed by atoms with van der Waals surface area (Å²) in [5, 5.41) is 10.4. The second-order valence-electron chi connectivity index (χ2n) is 5.97. The smallest absolute Gasteiger partial charge is 0.254 e. The Morgan fingerprint density at radius 1 is 1.22 bits per heavy atom. The van der Waals surface area contributed by atoms with Crippen molar-refractivity contribution < 1.29 is 14.3 Å². The van der Waals surface area contributed by atoms with E-state index in [4.69, 9.17) is 0 Å². The maximum atomic E-state index is 13.3. The Bertz CT molecular complexity index is 674. The van der Waals surface area contributed by atoms with Crippen LogP contribution in [0.15, 0.2) is 54.6 Å². The molecule has 0 aliphatic carbocycles. The van der Waals surface area contributed by atoms with Crippen LogP contribution < -0.4 is 0 Å². The van der Waals surface area contributed by atoms with E-state index in [1.165, 1.54) is 12.1 Å². The van der Waals surface area contributed by atoms with E-state index in [-0.39, 0.29) is 11.9 Å². The van der Waals surface area contributed by atoms with Gasteiger partial charge in [-0.3, -0.25) is 4.79 Å². The van der Waals surface area contributed by atoms with Gasteiger partial charge in [0.15, 0.2) is 0 Å². The predicted molar refractivity (Wildman–Crippen MR) is 86.5 cm³/mol. The van der Waals surface area contributed by atoms with Gasteiger partial charge in [-0.25, -0.2) is 4.39 Å². The largest absolute Gasteiger partial charge is 0.388 e. The van der Waals surface area contributed by atoms with Crippen molar-refractivity contribution in [3.63, 3.8) is 0 Å². The van der Waals surface area contributed by atoms with Gasteiger partial charge in [0.1, 0.15) is 5.82 Å². The van der Waals surface area contributed by atoms with Gasteiger partial charge in [-0.2, -0.15) is 0 Å². The van der Waals surface area contributed by atoms with Crippen LogP contribution in [0, 0.1) is 5.82 Å². The Labute approximate surface area is 135 Å². The summed E-state index contributed by atoms with van der Waals surface area (Å²) in [4.78, 5) is 14.4. The van der Waals surface area contributed by atoms with Gasteiger partial charge in [0, 0.05) is 18.2 Å². The lowest BCUT2D eigenvalue weighted by Gasteiger charge is -2.27. The molecule has 2 atom stereocenters. The maximum Gasteiger partial charge on any atom is 0.254 e. The van der Waals surface area contributed by atoms with Gasteiger partial charge in [0.25, 0.3) is 5.91 Å². The third kappa shape index (κ3) is 3.59. The van der Waals surface area contributed by atoms with Gasteiger partial charge < -0.3 is 10.0 Å². The van der Waals surface area contributed by atoms with Crippen molar-refractivity contribution in [3.05, 3.63) is 71.5 Å². The molecule has 0 aromatic heterocycles. The summed E-state index contributed by atoms with van der Waals surface area (Å²) in [6.45, 7) is 0.654. The minimum absolute atomic E-state index is 0.0130. The van der Waals surface area contributed by atoms with Crippen molar-refractivity contribution in [2.75, 3.05) is 6.54 Å². The fourth-order valence-electron chi connectivity index (χ4n) is 3.20. The van der Waals surface area contributed by atoms with Crippen molar-refractivity contribution >= 4 is 5.91 Å². The molecule has 1 fully saturated rings. The molecule has 1 saturated heterocycles. The molecule has 3 rings (SSSR count). The molecular weight excluding hydrogens is 293 g/mol. The third-order valence-electron chi connectivity index (χ3n) is 4.39. The first-order valence-corrected chi connectivity index (χ1v) is 7.94. The van der Waals surface area contributed by atoms with E-state index < -0.39 is 11.9 Å². The van der Waals surface area contributed by atoms with Gasteiger partial charge >= 0.3 is 0 Å². The topological polar surface area (TPSA) is 40.5 Å². The summed E-state index contributed by atoms with van der Waals surface area (Å²) < 4.78 is 13.3. The van der Waals surface area contributed by atoms with E-state index in [0.29, 0.717) is 18.5 Å². The summed E-state index contributed by atoms with van der Waals surface area (Å²) in [5.74, 6) is -0.567. The lowest BCUT2D eigenvalue weighted by Crippen LogP contribution is -2.36. The van der Waals surface area contributed by atoms with Crippen molar-refractivity contribution in [2.45, 2.75) is 31.4 Å². The molecule has 2 aromatic carbocycles. The molecule has 23 heavy (non-hydrogen) atoms. The lowest BCUT2D eigenvalue weighted by molar-refractivity contribution is 0.0666. The second kappa shape index (κ2) is 6.92. The Morgan fingerprint density at radius 3 is 2.74 bits per heavy atom. The van der Waals surface area contributed by atoms with E-state index in [1.807, 2.05) is 30.3 Å². The summed E-state index contributed by atoms with van der Waals surface area (Å²) in [6, 6.07) is 15.2. The molecule has 0 spiro atoms. The van der Waals surface area contributed by atoms with Crippen molar-refractivity contribution in [2.24, 2.45) is 0 Å². The quantitative estimate of drug-likeness (QED) is 0.937.